The number of benzene rings is 1. The summed E-state index contributed by atoms with van der Waals surface area (Å²) in [7, 11) is 0. The van der Waals surface area contributed by atoms with Crippen LogP contribution in [0.15, 0.2) is 28.7 Å². The monoisotopic (exact) mass is 346 g/mol. The van der Waals surface area contributed by atoms with Crippen LogP contribution in [0.2, 0.25) is 0 Å². The quantitative estimate of drug-likeness (QED) is 0.885. The Morgan fingerprint density at radius 2 is 1.90 bits per heavy atom. The number of anilines is 1. The Morgan fingerprint density at radius 1 is 1.15 bits per heavy atom. The number of halogens is 4. The van der Waals surface area contributed by atoms with Gasteiger partial charge in [0.25, 0.3) is 5.88 Å². The summed E-state index contributed by atoms with van der Waals surface area (Å²) >= 11 is 3.09. The van der Waals surface area contributed by atoms with Crippen molar-refractivity contribution >= 4 is 21.7 Å². The number of hydrogen-bond donors (Lipinski definition) is 1. The molecule has 1 N–H and O–H groups in total. The molecule has 7 heteroatoms. The highest BCUT2D eigenvalue weighted by Crippen LogP contribution is 2.29. The molecule has 0 unspecified atom stereocenters. The van der Waals surface area contributed by atoms with Crippen LogP contribution < -0.4 is 10.1 Å². The first-order valence-corrected chi connectivity index (χ1v) is 6.53. The predicted octanol–water partition coefficient (Wildman–Crippen LogP) is 4.49. The van der Waals surface area contributed by atoms with Gasteiger partial charge in [0.05, 0.1) is 0 Å². The second-order valence-corrected chi connectivity index (χ2v) is 4.73. The van der Waals surface area contributed by atoms with Crippen LogP contribution in [0.25, 0.3) is 0 Å². The van der Waals surface area contributed by atoms with Crippen molar-refractivity contribution in [2.75, 3.05) is 11.9 Å². The van der Waals surface area contributed by atoms with Gasteiger partial charge in [-0.05, 0) is 25.1 Å². The number of nitrogens with one attached hydrogen (secondary N) is 1. The lowest BCUT2D eigenvalue weighted by Crippen LogP contribution is -2.05. The van der Waals surface area contributed by atoms with Crippen LogP contribution in [0.4, 0.5) is 19.0 Å². The van der Waals surface area contributed by atoms with Gasteiger partial charge in [-0.3, -0.25) is 0 Å². The molecule has 20 heavy (non-hydrogen) atoms. The van der Waals surface area contributed by atoms with Gasteiger partial charge < -0.3 is 10.1 Å². The second kappa shape index (κ2) is 6.13. The minimum atomic E-state index is -1.01. The van der Waals surface area contributed by atoms with Gasteiger partial charge in [-0.2, -0.15) is 4.98 Å². The van der Waals surface area contributed by atoms with E-state index in [4.69, 9.17) is 4.74 Å². The Bertz CT molecular complexity index is 637. The molecule has 1 heterocycles. The molecule has 0 amide bonds. The third-order valence-electron chi connectivity index (χ3n) is 2.34. The normalized spacial score (nSPS) is 10.4. The van der Waals surface area contributed by atoms with Gasteiger partial charge in [-0.25, -0.2) is 13.2 Å². The summed E-state index contributed by atoms with van der Waals surface area (Å²) in [6, 6.07) is 4.65. The molecule has 0 saturated heterocycles. The van der Waals surface area contributed by atoms with E-state index in [1.165, 1.54) is 18.2 Å². The van der Waals surface area contributed by atoms with Gasteiger partial charge in [0.15, 0.2) is 29.0 Å². The molecule has 0 spiro atoms. The molecule has 2 aromatic rings. The van der Waals surface area contributed by atoms with Gasteiger partial charge in [0, 0.05) is 17.1 Å². The van der Waals surface area contributed by atoms with Gasteiger partial charge in [-0.15, -0.1) is 0 Å². The number of pyridine rings is 1. The van der Waals surface area contributed by atoms with Gasteiger partial charge in [-0.1, -0.05) is 15.9 Å². The molecule has 0 bridgehead atoms. The summed E-state index contributed by atoms with van der Waals surface area (Å²) in [5.74, 6) is -3.38. The molecule has 0 fully saturated rings. The molecule has 0 atom stereocenters. The summed E-state index contributed by atoms with van der Waals surface area (Å²) in [6.07, 6.45) is 0. The maximum absolute atomic E-state index is 13.6. The Kier molecular flexibility index (Phi) is 4.49. The molecule has 106 valence electrons. The highest BCUT2D eigenvalue weighted by Gasteiger charge is 2.15. The van der Waals surface area contributed by atoms with Crippen LogP contribution in [-0.2, 0) is 0 Å². The molecule has 0 aliphatic heterocycles. The van der Waals surface area contributed by atoms with E-state index < -0.39 is 23.3 Å². The fraction of sp³-hybridized carbons (Fsp3) is 0.154. The number of aromatic nitrogens is 1. The van der Waals surface area contributed by atoms with Crippen LogP contribution in [0, 0.1) is 17.5 Å². The van der Waals surface area contributed by atoms with Gasteiger partial charge >= 0.3 is 0 Å². The molecule has 0 radical (unpaired) electrons. The Balaban J connectivity index is 2.35. The first kappa shape index (κ1) is 14.6. The SMILES string of the molecule is CCNc1nc(Oc2ccc(Br)cc2F)c(F)cc1F. The van der Waals surface area contributed by atoms with Crippen molar-refractivity contribution < 1.29 is 17.9 Å². The molecular weight excluding hydrogens is 337 g/mol. The summed E-state index contributed by atoms with van der Waals surface area (Å²) in [5.41, 5.74) is 0. The minimum Gasteiger partial charge on any atom is -0.433 e. The largest absolute Gasteiger partial charge is 0.433 e. The molecule has 0 aliphatic carbocycles. The Hall–Kier alpha value is -1.76. The Labute approximate surface area is 121 Å². The first-order valence-electron chi connectivity index (χ1n) is 5.74. The molecule has 1 aromatic carbocycles. The number of nitrogens with zero attached hydrogens (tertiary/aromatic N) is 1. The predicted molar refractivity (Wildman–Crippen MR) is 72.5 cm³/mol. The lowest BCUT2D eigenvalue weighted by molar-refractivity contribution is 0.395. The fourth-order valence-corrected chi connectivity index (χ4v) is 1.81. The van der Waals surface area contributed by atoms with Crippen molar-refractivity contribution in [2.24, 2.45) is 0 Å². The van der Waals surface area contributed by atoms with E-state index >= 15 is 0 Å². The topological polar surface area (TPSA) is 34.2 Å². The number of rotatable bonds is 4. The lowest BCUT2D eigenvalue weighted by Gasteiger charge is -2.10. The van der Waals surface area contributed by atoms with E-state index in [0.29, 0.717) is 17.1 Å². The molecule has 0 saturated carbocycles. The standard InChI is InChI=1S/C13H10BrF3N2O/c1-2-18-12-9(16)6-10(17)13(19-12)20-11-4-3-7(14)5-8(11)15/h3-6H,2H2,1H3,(H,18,19). The van der Waals surface area contributed by atoms with Crippen LogP contribution in [0.5, 0.6) is 11.6 Å². The smallest absolute Gasteiger partial charge is 0.258 e. The maximum atomic E-state index is 13.6. The highest BCUT2D eigenvalue weighted by atomic mass is 79.9. The van der Waals surface area contributed by atoms with Crippen molar-refractivity contribution in [1.82, 2.24) is 4.98 Å². The molecule has 0 aliphatic rings. The fourth-order valence-electron chi connectivity index (χ4n) is 1.47. The third-order valence-corrected chi connectivity index (χ3v) is 2.84. The van der Waals surface area contributed by atoms with Crippen molar-refractivity contribution in [2.45, 2.75) is 6.92 Å². The average molecular weight is 347 g/mol. The molecule has 3 nitrogen and oxygen atoms in total. The molecule has 2 rings (SSSR count). The van der Waals surface area contributed by atoms with Crippen LogP contribution in [0.1, 0.15) is 6.92 Å². The zero-order valence-electron chi connectivity index (χ0n) is 10.4. The van der Waals surface area contributed by atoms with E-state index in [1.54, 1.807) is 6.92 Å². The van der Waals surface area contributed by atoms with Crippen molar-refractivity contribution in [1.29, 1.82) is 0 Å². The maximum Gasteiger partial charge on any atom is 0.258 e. The minimum absolute atomic E-state index is 0.151. The number of hydrogen-bond acceptors (Lipinski definition) is 3. The van der Waals surface area contributed by atoms with E-state index in [1.807, 2.05) is 0 Å². The van der Waals surface area contributed by atoms with E-state index in [9.17, 15) is 13.2 Å². The molecule has 1 aromatic heterocycles. The van der Waals surface area contributed by atoms with Gasteiger partial charge in [0.2, 0.25) is 0 Å². The number of ether oxygens (including phenoxy) is 1. The van der Waals surface area contributed by atoms with Gasteiger partial charge in [0.1, 0.15) is 0 Å². The first-order chi connectivity index (χ1) is 9.51. The van der Waals surface area contributed by atoms with Crippen molar-refractivity contribution in [3.05, 3.63) is 46.2 Å². The Morgan fingerprint density at radius 3 is 2.55 bits per heavy atom. The van der Waals surface area contributed by atoms with Crippen LogP contribution in [-0.4, -0.2) is 11.5 Å². The third kappa shape index (κ3) is 3.22. The van der Waals surface area contributed by atoms with Crippen molar-refractivity contribution in [3.63, 3.8) is 0 Å². The summed E-state index contributed by atoms with van der Waals surface area (Å²) < 4.78 is 46.1. The zero-order chi connectivity index (χ0) is 14.7. The van der Waals surface area contributed by atoms with Crippen molar-refractivity contribution in [3.8, 4) is 11.6 Å². The summed E-state index contributed by atoms with van der Waals surface area (Å²) in [6.45, 7) is 2.14. The lowest BCUT2D eigenvalue weighted by atomic mass is 10.3. The van der Waals surface area contributed by atoms with E-state index in [-0.39, 0.29) is 11.6 Å². The van der Waals surface area contributed by atoms with E-state index in [0.717, 1.165) is 0 Å². The average Bonchev–Trinajstić information content (AvgIpc) is 2.38. The van der Waals surface area contributed by atoms with E-state index in [2.05, 4.69) is 26.2 Å². The van der Waals surface area contributed by atoms with Crippen LogP contribution >= 0.6 is 15.9 Å². The molecular formula is C13H10BrF3N2O. The highest BCUT2D eigenvalue weighted by molar-refractivity contribution is 9.10. The zero-order valence-corrected chi connectivity index (χ0v) is 12.0. The summed E-state index contributed by atoms with van der Waals surface area (Å²) in [4.78, 5) is 3.66. The summed E-state index contributed by atoms with van der Waals surface area (Å²) in [5, 5.41) is 2.62. The van der Waals surface area contributed by atoms with Crippen LogP contribution in [0.3, 0.4) is 0 Å². The second-order valence-electron chi connectivity index (χ2n) is 3.81.